The van der Waals surface area contributed by atoms with Crippen LogP contribution >= 0.6 is 0 Å². The molecule has 2 aliphatic carbocycles. The highest BCUT2D eigenvalue weighted by Crippen LogP contribution is 2.38. The lowest BCUT2D eigenvalue weighted by Gasteiger charge is -2.29. The van der Waals surface area contributed by atoms with Crippen LogP contribution in [0.4, 0.5) is 11.4 Å². The van der Waals surface area contributed by atoms with E-state index in [1.807, 2.05) is 30.3 Å². The highest BCUT2D eigenvalue weighted by atomic mass is 16.5. The molecule has 0 aromatic heterocycles. The number of methoxy groups -OCH3 is 1. The van der Waals surface area contributed by atoms with Crippen LogP contribution in [0.15, 0.2) is 102 Å². The molecule has 3 aromatic rings. The molecule has 1 unspecified atom stereocenters. The van der Waals surface area contributed by atoms with Crippen LogP contribution < -0.4 is 9.64 Å². The second-order valence-corrected chi connectivity index (χ2v) is 9.57. The van der Waals surface area contributed by atoms with Crippen molar-refractivity contribution in [3.63, 3.8) is 0 Å². The van der Waals surface area contributed by atoms with Crippen molar-refractivity contribution in [3.05, 3.63) is 125 Å². The van der Waals surface area contributed by atoms with E-state index in [1.165, 1.54) is 5.70 Å². The maximum atomic E-state index is 10.0. The van der Waals surface area contributed by atoms with Crippen molar-refractivity contribution in [1.82, 2.24) is 0 Å². The minimum Gasteiger partial charge on any atom is -0.497 e. The van der Waals surface area contributed by atoms with Gasteiger partial charge in [0.15, 0.2) is 0 Å². The van der Waals surface area contributed by atoms with Gasteiger partial charge in [-0.1, -0.05) is 55.5 Å². The molecule has 186 valence electrons. The second-order valence-electron chi connectivity index (χ2n) is 9.57. The van der Waals surface area contributed by atoms with E-state index in [-0.39, 0.29) is 5.92 Å². The predicted octanol–water partition coefficient (Wildman–Crippen LogP) is 8.12. The molecular weight excluding hydrogens is 466 g/mol. The summed E-state index contributed by atoms with van der Waals surface area (Å²) in [5.41, 5.74) is 8.68. The van der Waals surface area contributed by atoms with Gasteiger partial charge in [-0.3, -0.25) is 0 Å². The Morgan fingerprint density at radius 2 is 1.66 bits per heavy atom. The van der Waals surface area contributed by atoms with Crippen LogP contribution in [0, 0.1) is 28.6 Å². The fraction of sp³-hybridized carbons (Fsp3) is 0.176. The standard InChI is InChI=1S/C34H29N3O/c1-24-21-33-26(22-35)7-6-10-32(33)34(23-36)31(24)20-13-25-11-14-28(15-12-25)37(27-8-4-3-5-9-27)29-16-18-30(38-2)19-17-29/h3-4,6-8,10-20,24H,5,9,21H2,1-2H3. The second kappa shape index (κ2) is 11.1. The summed E-state index contributed by atoms with van der Waals surface area (Å²) >= 11 is 0. The van der Waals surface area contributed by atoms with E-state index in [0.717, 1.165) is 58.7 Å². The summed E-state index contributed by atoms with van der Waals surface area (Å²) < 4.78 is 5.36. The Morgan fingerprint density at radius 3 is 2.29 bits per heavy atom. The highest BCUT2D eigenvalue weighted by molar-refractivity contribution is 5.86. The van der Waals surface area contributed by atoms with Gasteiger partial charge in [0.2, 0.25) is 0 Å². The summed E-state index contributed by atoms with van der Waals surface area (Å²) in [6, 6.07) is 27.0. The minimum absolute atomic E-state index is 0.152. The first-order chi connectivity index (χ1) is 18.6. The Kier molecular flexibility index (Phi) is 7.25. The lowest BCUT2D eigenvalue weighted by molar-refractivity contribution is 0.415. The van der Waals surface area contributed by atoms with Gasteiger partial charge in [-0.15, -0.1) is 0 Å². The Balaban J connectivity index is 1.46. The largest absolute Gasteiger partial charge is 0.497 e. The zero-order chi connectivity index (χ0) is 26.5. The molecule has 4 heteroatoms. The summed E-state index contributed by atoms with van der Waals surface area (Å²) in [5, 5.41) is 19.5. The molecule has 1 atom stereocenters. The van der Waals surface area contributed by atoms with Crippen LogP contribution in [0.1, 0.15) is 42.0 Å². The van der Waals surface area contributed by atoms with Gasteiger partial charge in [0.25, 0.3) is 0 Å². The van der Waals surface area contributed by atoms with E-state index >= 15 is 0 Å². The van der Waals surface area contributed by atoms with Crippen LogP contribution in [0.5, 0.6) is 5.75 Å². The molecule has 2 aliphatic rings. The van der Waals surface area contributed by atoms with E-state index in [4.69, 9.17) is 4.74 Å². The maximum absolute atomic E-state index is 10.0. The first-order valence-electron chi connectivity index (χ1n) is 12.9. The molecule has 0 saturated heterocycles. The van der Waals surface area contributed by atoms with E-state index < -0.39 is 0 Å². The molecule has 0 heterocycles. The zero-order valence-electron chi connectivity index (χ0n) is 21.7. The van der Waals surface area contributed by atoms with Crippen molar-refractivity contribution in [2.45, 2.75) is 26.2 Å². The number of hydrogen-bond donors (Lipinski definition) is 0. The molecule has 0 N–H and O–H groups in total. The van der Waals surface area contributed by atoms with Gasteiger partial charge in [0.05, 0.1) is 24.3 Å². The van der Waals surface area contributed by atoms with Crippen molar-refractivity contribution >= 4 is 23.0 Å². The first kappa shape index (κ1) is 24.9. The molecule has 38 heavy (non-hydrogen) atoms. The summed E-state index contributed by atoms with van der Waals surface area (Å²) in [7, 11) is 1.68. The van der Waals surface area contributed by atoms with Gasteiger partial charge in [-0.05, 0) is 96.0 Å². The summed E-state index contributed by atoms with van der Waals surface area (Å²) in [5.74, 6) is 0.986. The van der Waals surface area contributed by atoms with Gasteiger partial charge < -0.3 is 9.64 Å². The van der Waals surface area contributed by atoms with E-state index in [9.17, 15) is 10.5 Å². The van der Waals surface area contributed by atoms with E-state index in [1.54, 1.807) is 7.11 Å². The number of nitrogens with zero attached hydrogens (tertiary/aromatic N) is 3. The normalized spacial score (nSPS) is 16.4. The maximum Gasteiger partial charge on any atom is 0.119 e. The van der Waals surface area contributed by atoms with Gasteiger partial charge >= 0.3 is 0 Å². The number of allylic oxidation sites excluding steroid dienone is 7. The third-order valence-corrected chi connectivity index (χ3v) is 7.22. The van der Waals surface area contributed by atoms with Crippen molar-refractivity contribution in [2.24, 2.45) is 5.92 Å². The molecule has 0 aliphatic heterocycles. The van der Waals surface area contributed by atoms with Crippen LogP contribution in [0.25, 0.3) is 11.6 Å². The van der Waals surface area contributed by atoms with Crippen molar-refractivity contribution in [2.75, 3.05) is 12.0 Å². The Labute approximate surface area is 224 Å². The lowest BCUT2D eigenvalue weighted by Crippen LogP contribution is -2.17. The molecule has 0 bridgehead atoms. The SMILES string of the molecule is COc1ccc(N(C2=CC=CCC2)c2ccc(C=CC3=C(C#N)c4cccc(C#N)c4CC3C)cc2)cc1. The predicted molar refractivity (Wildman–Crippen MR) is 154 cm³/mol. The Hall–Kier alpha value is -4.80. The first-order valence-corrected chi connectivity index (χ1v) is 12.9. The number of nitriles is 2. The third kappa shape index (κ3) is 4.90. The summed E-state index contributed by atoms with van der Waals surface area (Å²) in [6.45, 7) is 2.12. The third-order valence-electron chi connectivity index (χ3n) is 7.22. The highest BCUT2D eigenvalue weighted by Gasteiger charge is 2.25. The number of rotatable bonds is 6. The summed E-state index contributed by atoms with van der Waals surface area (Å²) in [4.78, 5) is 2.29. The van der Waals surface area contributed by atoms with Gasteiger partial charge in [0.1, 0.15) is 11.8 Å². The molecule has 5 rings (SSSR count). The summed E-state index contributed by atoms with van der Waals surface area (Å²) in [6.07, 6.45) is 13.4. The Bertz CT molecular complexity index is 1540. The number of hydrogen-bond acceptors (Lipinski definition) is 4. The fourth-order valence-electron chi connectivity index (χ4n) is 5.24. The van der Waals surface area contributed by atoms with Crippen LogP contribution in [0.2, 0.25) is 0 Å². The molecule has 0 spiro atoms. The zero-order valence-corrected chi connectivity index (χ0v) is 21.7. The number of fused-ring (bicyclic) bond motifs is 1. The average molecular weight is 496 g/mol. The van der Waals surface area contributed by atoms with Crippen molar-refractivity contribution in [3.8, 4) is 17.9 Å². The molecular formula is C34H29N3O. The lowest BCUT2D eigenvalue weighted by atomic mass is 9.78. The Morgan fingerprint density at radius 1 is 0.921 bits per heavy atom. The minimum atomic E-state index is 0.152. The molecule has 0 saturated carbocycles. The molecule has 0 amide bonds. The number of benzene rings is 3. The van der Waals surface area contributed by atoms with Gasteiger partial charge in [0, 0.05) is 17.1 Å². The van der Waals surface area contributed by atoms with E-state index in [0.29, 0.717) is 11.1 Å². The van der Waals surface area contributed by atoms with Crippen molar-refractivity contribution in [1.29, 1.82) is 10.5 Å². The smallest absolute Gasteiger partial charge is 0.119 e. The quantitative estimate of drug-likeness (QED) is 0.346. The number of ether oxygens (including phenoxy) is 1. The average Bonchev–Trinajstić information content (AvgIpc) is 2.97. The topological polar surface area (TPSA) is 60.0 Å². The molecule has 0 radical (unpaired) electrons. The monoisotopic (exact) mass is 495 g/mol. The van der Waals surface area contributed by atoms with Gasteiger partial charge in [-0.2, -0.15) is 10.5 Å². The van der Waals surface area contributed by atoms with Crippen LogP contribution in [-0.2, 0) is 6.42 Å². The molecule has 4 nitrogen and oxygen atoms in total. The van der Waals surface area contributed by atoms with Crippen molar-refractivity contribution < 1.29 is 4.74 Å². The van der Waals surface area contributed by atoms with Crippen LogP contribution in [-0.4, -0.2) is 7.11 Å². The molecule has 3 aromatic carbocycles. The molecule has 0 fully saturated rings. The van der Waals surface area contributed by atoms with Crippen LogP contribution in [0.3, 0.4) is 0 Å². The number of anilines is 2. The van der Waals surface area contributed by atoms with E-state index in [2.05, 4.69) is 90.7 Å². The van der Waals surface area contributed by atoms with Gasteiger partial charge in [-0.25, -0.2) is 0 Å². The fourth-order valence-corrected chi connectivity index (χ4v) is 5.24.